The predicted molar refractivity (Wildman–Crippen MR) is 104 cm³/mol. The van der Waals surface area contributed by atoms with Gasteiger partial charge in [-0.1, -0.05) is 30.3 Å². The Balaban J connectivity index is 1.58. The van der Waals surface area contributed by atoms with Gasteiger partial charge in [-0.15, -0.1) is 11.3 Å². The van der Waals surface area contributed by atoms with Gasteiger partial charge in [0.05, 0.1) is 6.42 Å². The van der Waals surface area contributed by atoms with Gasteiger partial charge < -0.3 is 16.4 Å². The van der Waals surface area contributed by atoms with Gasteiger partial charge in [-0.05, 0) is 29.8 Å². The van der Waals surface area contributed by atoms with Crippen LogP contribution >= 0.6 is 11.3 Å². The highest BCUT2D eigenvalue weighted by Gasteiger charge is 2.13. The van der Waals surface area contributed by atoms with Crippen molar-refractivity contribution >= 4 is 39.9 Å². The highest BCUT2D eigenvalue weighted by molar-refractivity contribution is 7.14. The molecule has 0 bridgehead atoms. The van der Waals surface area contributed by atoms with Crippen molar-refractivity contribution < 1.29 is 14.4 Å². The molecule has 0 saturated heterocycles. The lowest BCUT2D eigenvalue weighted by atomic mass is 10.1. The lowest BCUT2D eigenvalue weighted by Crippen LogP contribution is -2.16. The van der Waals surface area contributed by atoms with Crippen molar-refractivity contribution in [1.82, 2.24) is 4.98 Å². The molecule has 1 aromatic heterocycles. The number of amides is 3. The van der Waals surface area contributed by atoms with Crippen LogP contribution in [0, 0.1) is 0 Å². The van der Waals surface area contributed by atoms with Crippen LogP contribution < -0.4 is 16.4 Å². The van der Waals surface area contributed by atoms with Crippen LogP contribution in [0.3, 0.4) is 0 Å². The first kappa shape index (κ1) is 18.3. The second kappa shape index (κ2) is 8.24. The predicted octanol–water partition coefficient (Wildman–Crippen LogP) is 2.68. The minimum absolute atomic E-state index is 0.189. The summed E-state index contributed by atoms with van der Waals surface area (Å²) < 4.78 is 0. The van der Waals surface area contributed by atoms with Gasteiger partial charge in [0.2, 0.25) is 11.8 Å². The first-order valence-electron chi connectivity index (χ1n) is 8.02. The molecule has 27 heavy (non-hydrogen) atoms. The molecule has 0 unspecified atom stereocenters. The summed E-state index contributed by atoms with van der Waals surface area (Å²) in [6.07, 6.45) is 0.230. The van der Waals surface area contributed by atoms with Gasteiger partial charge in [0, 0.05) is 16.6 Å². The van der Waals surface area contributed by atoms with Crippen molar-refractivity contribution in [2.75, 3.05) is 10.6 Å². The Bertz CT molecular complexity index is 968. The van der Waals surface area contributed by atoms with E-state index < -0.39 is 11.8 Å². The van der Waals surface area contributed by atoms with Crippen LogP contribution in [0.25, 0.3) is 0 Å². The van der Waals surface area contributed by atoms with E-state index in [-0.39, 0.29) is 18.0 Å². The number of rotatable bonds is 6. The minimum Gasteiger partial charge on any atom is -0.366 e. The Kier molecular flexibility index (Phi) is 5.58. The summed E-state index contributed by atoms with van der Waals surface area (Å²) in [6.45, 7) is 0. The minimum atomic E-state index is -0.539. The third-order valence-corrected chi connectivity index (χ3v) is 4.38. The number of thiazole rings is 1. The Morgan fingerprint density at radius 1 is 0.963 bits per heavy atom. The van der Waals surface area contributed by atoms with Crippen molar-refractivity contribution in [3.05, 3.63) is 76.8 Å². The van der Waals surface area contributed by atoms with Crippen molar-refractivity contribution in [2.24, 2.45) is 5.73 Å². The third kappa shape index (κ3) is 4.99. The maximum absolute atomic E-state index is 12.3. The zero-order chi connectivity index (χ0) is 19.2. The summed E-state index contributed by atoms with van der Waals surface area (Å²) in [5.41, 5.74) is 7.12. The molecule has 7 nitrogen and oxygen atoms in total. The van der Waals surface area contributed by atoms with Crippen LogP contribution in [0.2, 0.25) is 0 Å². The first-order valence-corrected chi connectivity index (χ1v) is 8.90. The van der Waals surface area contributed by atoms with Crippen molar-refractivity contribution in [3.63, 3.8) is 0 Å². The number of benzene rings is 2. The first-order chi connectivity index (χ1) is 13.0. The Hall–Kier alpha value is -3.52. The molecule has 1 heterocycles. The second-order valence-electron chi connectivity index (χ2n) is 5.64. The normalized spacial score (nSPS) is 10.2. The van der Waals surface area contributed by atoms with Crippen molar-refractivity contribution in [2.45, 2.75) is 6.42 Å². The van der Waals surface area contributed by atoms with E-state index in [9.17, 15) is 14.4 Å². The lowest BCUT2D eigenvalue weighted by Gasteiger charge is -2.04. The molecule has 3 aromatic rings. The number of carbonyl (C=O) groups is 3. The van der Waals surface area contributed by atoms with Crippen molar-refractivity contribution in [3.8, 4) is 0 Å². The van der Waals surface area contributed by atoms with Crippen LogP contribution in [0.4, 0.5) is 10.8 Å². The molecule has 8 heteroatoms. The molecular formula is C19H16N4O3S. The molecule has 0 atom stereocenters. The molecular weight excluding hydrogens is 364 g/mol. The average molecular weight is 380 g/mol. The molecule has 4 N–H and O–H groups in total. The maximum atomic E-state index is 12.3. The Morgan fingerprint density at radius 3 is 2.33 bits per heavy atom. The monoisotopic (exact) mass is 380 g/mol. The van der Waals surface area contributed by atoms with Crippen LogP contribution in [0.1, 0.15) is 26.4 Å². The van der Waals surface area contributed by atoms with Gasteiger partial charge in [-0.25, -0.2) is 4.98 Å². The van der Waals surface area contributed by atoms with E-state index in [1.54, 1.807) is 17.5 Å². The summed E-state index contributed by atoms with van der Waals surface area (Å²) in [7, 11) is 0. The molecule has 0 spiro atoms. The highest BCUT2D eigenvalue weighted by Crippen LogP contribution is 2.18. The number of carbonyl (C=O) groups excluding carboxylic acids is 3. The summed E-state index contributed by atoms with van der Waals surface area (Å²) >= 11 is 1.17. The summed E-state index contributed by atoms with van der Waals surface area (Å²) in [4.78, 5) is 39.5. The Morgan fingerprint density at radius 2 is 1.67 bits per heavy atom. The highest BCUT2D eigenvalue weighted by atomic mass is 32.1. The number of hydrogen-bond donors (Lipinski definition) is 3. The molecule has 0 radical (unpaired) electrons. The second-order valence-corrected chi connectivity index (χ2v) is 6.50. The van der Waals surface area contributed by atoms with Crippen LogP contribution in [-0.4, -0.2) is 22.7 Å². The van der Waals surface area contributed by atoms with Gasteiger partial charge in [0.15, 0.2) is 5.13 Å². The number of nitrogens with zero attached hydrogens (tertiary/aromatic N) is 1. The van der Waals surface area contributed by atoms with Crippen LogP contribution in [0.5, 0.6) is 0 Å². The number of nitrogens with one attached hydrogen (secondary N) is 2. The molecule has 0 aliphatic heterocycles. The van der Waals surface area contributed by atoms with E-state index in [4.69, 9.17) is 5.73 Å². The zero-order valence-electron chi connectivity index (χ0n) is 14.1. The van der Waals surface area contributed by atoms with E-state index in [0.717, 1.165) is 5.56 Å². The molecule has 2 aromatic carbocycles. The van der Waals surface area contributed by atoms with Crippen molar-refractivity contribution in [1.29, 1.82) is 0 Å². The summed E-state index contributed by atoms with van der Waals surface area (Å²) in [5, 5.41) is 7.27. The van der Waals surface area contributed by atoms with Crippen LogP contribution in [-0.2, 0) is 11.2 Å². The fourth-order valence-corrected chi connectivity index (χ4v) is 3.00. The van der Waals surface area contributed by atoms with Crippen LogP contribution in [0.15, 0.2) is 60.0 Å². The smallest absolute Gasteiger partial charge is 0.275 e. The fourth-order valence-electron chi connectivity index (χ4n) is 2.29. The summed E-state index contributed by atoms with van der Waals surface area (Å²) in [6, 6.07) is 15.5. The largest absolute Gasteiger partial charge is 0.366 e. The number of nitrogens with two attached hydrogens (primary N) is 1. The van der Waals surface area contributed by atoms with Gasteiger partial charge in [0.1, 0.15) is 5.69 Å². The topological polar surface area (TPSA) is 114 Å². The standard InChI is InChI=1S/C19H16N4O3S/c20-17(25)13-6-8-14(9-7-13)21-18(26)15-11-27-19(22-15)23-16(24)10-12-4-2-1-3-5-12/h1-9,11H,10H2,(H2,20,25)(H,21,26)(H,22,23,24). The van der Waals surface area contributed by atoms with E-state index in [1.165, 1.54) is 23.5 Å². The number of hydrogen-bond acceptors (Lipinski definition) is 5. The SMILES string of the molecule is NC(=O)c1ccc(NC(=O)c2csc(NC(=O)Cc3ccccc3)n2)cc1. The summed E-state index contributed by atoms with van der Waals surface area (Å²) in [5.74, 6) is -1.16. The number of primary amides is 1. The van der Waals surface area contributed by atoms with Gasteiger partial charge >= 0.3 is 0 Å². The van der Waals surface area contributed by atoms with E-state index in [2.05, 4.69) is 15.6 Å². The van der Waals surface area contributed by atoms with Gasteiger partial charge in [-0.2, -0.15) is 0 Å². The molecule has 3 rings (SSSR count). The fraction of sp³-hybridized carbons (Fsp3) is 0.0526. The quantitative estimate of drug-likeness (QED) is 0.610. The third-order valence-electron chi connectivity index (χ3n) is 3.62. The molecule has 0 aliphatic rings. The average Bonchev–Trinajstić information content (AvgIpc) is 3.11. The molecule has 0 aliphatic carbocycles. The molecule has 136 valence electrons. The van der Waals surface area contributed by atoms with E-state index >= 15 is 0 Å². The molecule has 0 saturated carbocycles. The molecule has 3 amide bonds. The zero-order valence-corrected chi connectivity index (χ0v) is 15.0. The number of aromatic nitrogens is 1. The number of anilines is 2. The Labute approximate surface area is 159 Å². The van der Waals surface area contributed by atoms with E-state index in [0.29, 0.717) is 16.4 Å². The maximum Gasteiger partial charge on any atom is 0.275 e. The molecule has 0 fully saturated rings. The lowest BCUT2D eigenvalue weighted by molar-refractivity contribution is -0.115. The van der Waals surface area contributed by atoms with Gasteiger partial charge in [0.25, 0.3) is 5.91 Å². The van der Waals surface area contributed by atoms with Gasteiger partial charge in [-0.3, -0.25) is 14.4 Å². The van der Waals surface area contributed by atoms with E-state index in [1.807, 2.05) is 30.3 Å².